The largest absolute Gasteiger partial charge is 0.481 e. The Kier molecular flexibility index (Phi) is 7.02. The summed E-state index contributed by atoms with van der Waals surface area (Å²) in [5, 5.41) is 7.94. The lowest BCUT2D eigenvalue weighted by molar-refractivity contribution is -0.122. The predicted molar refractivity (Wildman–Crippen MR) is 125 cm³/mol. The van der Waals surface area contributed by atoms with Crippen molar-refractivity contribution in [2.45, 2.75) is 38.4 Å². The van der Waals surface area contributed by atoms with Gasteiger partial charge in [0.1, 0.15) is 5.75 Å². The summed E-state index contributed by atoms with van der Waals surface area (Å²) in [6.45, 7) is 3.10. The summed E-state index contributed by atoms with van der Waals surface area (Å²) in [6, 6.07) is 20.8. The quantitative estimate of drug-likeness (QED) is 0.548. The highest BCUT2D eigenvalue weighted by Crippen LogP contribution is 2.23. The van der Waals surface area contributed by atoms with Gasteiger partial charge in [-0.15, -0.1) is 0 Å². The molecule has 0 saturated carbocycles. The van der Waals surface area contributed by atoms with Crippen LogP contribution < -0.4 is 15.4 Å². The Balaban J connectivity index is 1.42. The van der Waals surface area contributed by atoms with E-state index in [1.54, 1.807) is 24.3 Å². The first-order valence-electron chi connectivity index (χ1n) is 11.1. The van der Waals surface area contributed by atoms with E-state index in [4.69, 9.17) is 9.47 Å². The molecule has 0 unspecified atom stereocenters. The third-order valence-corrected chi connectivity index (χ3v) is 5.61. The second-order valence-electron chi connectivity index (χ2n) is 7.90. The molecule has 0 aliphatic carbocycles. The monoisotopic (exact) mass is 432 g/mol. The van der Waals surface area contributed by atoms with E-state index in [-0.39, 0.29) is 17.9 Å². The lowest BCUT2D eigenvalue weighted by Gasteiger charge is -2.19. The number of hydrogen-bond acceptors (Lipinski definition) is 4. The highest BCUT2D eigenvalue weighted by molar-refractivity contribution is 6.04. The van der Waals surface area contributed by atoms with Gasteiger partial charge in [0.25, 0.3) is 11.8 Å². The van der Waals surface area contributed by atoms with Crippen LogP contribution in [0.15, 0.2) is 66.7 Å². The normalized spacial score (nSPS) is 16.5. The lowest BCUT2D eigenvalue weighted by atomic mass is 10.1. The van der Waals surface area contributed by atoms with Gasteiger partial charge in [-0.25, -0.2) is 0 Å². The zero-order valence-corrected chi connectivity index (χ0v) is 18.2. The topological polar surface area (TPSA) is 76.7 Å². The van der Waals surface area contributed by atoms with Gasteiger partial charge in [-0.3, -0.25) is 9.59 Å². The van der Waals surface area contributed by atoms with Gasteiger partial charge < -0.3 is 20.1 Å². The van der Waals surface area contributed by atoms with Crippen LogP contribution in [0.2, 0.25) is 0 Å². The summed E-state index contributed by atoms with van der Waals surface area (Å²) in [4.78, 5) is 25.7. The summed E-state index contributed by atoms with van der Waals surface area (Å²) in [5.41, 5.74) is 0.877. The molecule has 2 N–H and O–H groups in total. The number of hydrogen-bond donors (Lipinski definition) is 2. The van der Waals surface area contributed by atoms with Crippen LogP contribution in [0.1, 0.15) is 36.5 Å². The van der Waals surface area contributed by atoms with Crippen LogP contribution in [0, 0.1) is 0 Å². The van der Waals surface area contributed by atoms with Crippen LogP contribution in [-0.4, -0.2) is 37.2 Å². The van der Waals surface area contributed by atoms with Gasteiger partial charge in [0.15, 0.2) is 6.10 Å². The zero-order valence-electron chi connectivity index (χ0n) is 18.2. The van der Waals surface area contributed by atoms with Crippen molar-refractivity contribution in [2.24, 2.45) is 0 Å². The van der Waals surface area contributed by atoms with Crippen molar-refractivity contribution in [1.82, 2.24) is 5.32 Å². The van der Waals surface area contributed by atoms with E-state index in [2.05, 4.69) is 10.6 Å². The van der Waals surface area contributed by atoms with Crippen LogP contribution in [0.3, 0.4) is 0 Å². The maximum absolute atomic E-state index is 13.0. The molecule has 3 aromatic carbocycles. The zero-order chi connectivity index (χ0) is 22.3. The lowest BCUT2D eigenvalue weighted by Crippen LogP contribution is -2.35. The van der Waals surface area contributed by atoms with Gasteiger partial charge in [0.2, 0.25) is 0 Å². The number of ether oxygens (including phenoxy) is 2. The summed E-state index contributed by atoms with van der Waals surface area (Å²) < 4.78 is 11.6. The maximum Gasteiger partial charge on any atom is 0.265 e. The van der Waals surface area contributed by atoms with Gasteiger partial charge in [0.05, 0.1) is 17.4 Å². The molecule has 3 aromatic rings. The molecule has 32 heavy (non-hydrogen) atoms. The smallest absolute Gasteiger partial charge is 0.265 e. The standard InChI is InChI=1S/C26H28N2O4/c1-2-24(32-20-14-13-18-8-3-4-9-19(18)16-20)26(30)28-23-12-6-5-11-22(23)25(29)27-17-21-10-7-15-31-21/h3-6,8-9,11-14,16,21,24H,2,7,10,15,17H2,1H3,(H,27,29)(H,28,30)/t21-,24-/m0/s1. The Morgan fingerprint density at radius 3 is 2.62 bits per heavy atom. The molecule has 1 aliphatic heterocycles. The number of nitrogens with one attached hydrogen (secondary N) is 2. The first-order chi connectivity index (χ1) is 15.6. The van der Waals surface area contributed by atoms with Gasteiger partial charge in [0, 0.05) is 13.2 Å². The second kappa shape index (κ2) is 10.3. The molecule has 1 aliphatic rings. The minimum atomic E-state index is -0.681. The molecular formula is C26H28N2O4. The van der Waals surface area contributed by atoms with E-state index in [0.29, 0.717) is 30.0 Å². The summed E-state index contributed by atoms with van der Waals surface area (Å²) in [6.07, 6.45) is 1.83. The number of amides is 2. The fourth-order valence-corrected chi connectivity index (χ4v) is 3.84. The Morgan fingerprint density at radius 1 is 1.06 bits per heavy atom. The molecule has 0 bridgehead atoms. The van der Waals surface area contributed by atoms with Crippen LogP contribution in [0.4, 0.5) is 5.69 Å². The fraction of sp³-hybridized carbons (Fsp3) is 0.308. The highest BCUT2D eigenvalue weighted by Gasteiger charge is 2.22. The van der Waals surface area contributed by atoms with Crippen molar-refractivity contribution in [3.05, 3.63) is 72.3 Å². The molecule has 1 saturated heterocycles. The van der Waals surface area contributed by atoms with Crippen molar-refractivity contribution in [3.8, 4) is 5.75 Å². The van der Waals surface area contributed by atoms with Crippen LogP contribution in [-0.2, 0) is 9.53 Å². The summed E-state index contributed by atoms with van der Waals surface area (Å²) >= 11 is 0. The predicted octanol–water partition coefficient (Wildman–Crippen LogP) is 4.54. The van der Waals surface area contributed by atoms with E-state index in [1.807, 2.05) is 49.4 Å². The Morgan fingerprint density at radius 2 is 1.84 bits per heavy atom. The van der Waals surface area contributed by atoms with Crippen LogP contribution in [0.25, 0.3) is 10.8 Å². The summed E-state index contributed by atoms with van der Waals surface area (Å²) in [7, 11) is 0. The van der Waals surface area contributed by atoms with Crippen molar-refractivity contribution in [1.29, 1.82) is 0 Å². The molecule has 0 radical (unpaired) electrons. The number of anilines is 1. The van der Waals surface area contributed by atoms with Gasteiger partial charge in [-0.1, -0.05) is 49.4 Å². The second-order valence-corrected chi connectivity index (χ2v) is 7.90. The third kappa shape index (κ3) is 5.26. The average molecular weight is 433 g/mol. The highest BCUT2D eigenvalue weighted by atomic mass is 16.5. The molecule has 6 nitrogen and oxygen atoms in total. The SMILES string of the molecule is CC[C@H](Oc1ccc2ccccc2c1)C(=O)Nc1ccccc1C(=O)NC[C@@H]1CCCO1. The Hall–Kier alpha value is -3.38. The van der Waals surface area contributed by atoms with E-state index < -0.39 is 6.10 Å². The van der Waals surface area contributed by atoms with Crippen molar-refractivity contribution >= 4 is 28.3 Å². The molecule has 2 atom stereocenters. The van der Waals surface area contributed by atoms with E-state index in [0.717, 1.165) is 30.2 Å². The van der Waals surface area contributed by atoms with Gasteiger partial charge >= 0.3 is 0 Å². The number of para-hydroxylation sites is 1. The molecule has 0 spiro atoms. The first kappa shape index (κ1) is 21.8. The number of rotatable bonds is 8. The Labute approximate surface area is 187 Å². The maximum atomic E-state index is 13.0. The number of fused-ring (bicyclic) bond motifs is 1. The minimum Gasteiger partial charge on any atom is -0.481 e. The van der Waals surface area contributed by atoms with Crippen LogP contribution >= 0.6 is 0 Å². The average Bonchev–Trinajstić information content (AvgIpc) is 3.35. The molecule has 0 aromatic heterocycles. The first-order valence-corrected chi connectivity index (χ1v) is 11.1. The van der Waals surface area contributed by atoms with Crippen molar-refractivity contribution in [2.75, 3.05) is 18.5 Å². The van der Waals surface area contributed by atoms with Crippen molar-refractivity contribution < 1.29 is 19.1 Å². The van der Waals surface area contributed by atoms with Gasteiger partial charge in [-0.2, -0.15) is 0 Å². The number of benzene rings is 3. The molecule has 166 valence electrons. The number of carbonyl (C=O) groups excluding carboxylic acids is 2. The molecule has 6 heteroatoms. The number of carbonyl (C=O) groups is 2. The van der Waals surface area contributed by atoms with E-state index in [1.165, 1.54) is 0 Å². The Bertz CT molecular complexity index is 1090. The van der Waals surface area contributed by atoms with E-state index in [9.17, 15) is 9.59 Å². The minimum absolute atomic E-state index is 0.0560. The molecule has 2 amide bonds. The van der Waals surface area contributed by atoms with E-state index >= 15 is 0 Å². The third-order valence-electron chi connectivity index (χ3n) is 5.61. The molecule has 1 fully saturated rings. The molecular weight excluding hydrogens is 404 g/mol. The van der Waals surface area contributed by atoms with Gasteiger partial charge in [-0.05, 0) is 54.3 Å². The fourth-order valence-electron chi connectivity index (χ4n) is 3.84. The molecule has 1 heterocycles. The van der Waals surface area contributed by atoms with Crippen LogP contribution in [0.5, 0.6) is 5.75 Å². The summed E-state index contributed by atoms with van der Waals surface area (Å²) in [5.74, 6) is 0.105. The van der Waals surface area contributed by atoms with Crippen molar-refractivity contribution in [3.63, 3.8) is 0 Å². The molecule has 4 rings (SSSR count).